The van der Waals surface area contributed by atoms with E-state index in [4.69, 9.17) is 14.7 Å². The highest BCUT2D eigenvalue weighted by atomic mass is 28.3. The summed E-state index contributed by atoms with van der Waals surface area (Å²) in [6.07, 6.45) is 4.66. The SMILES string of the molecule is CC1(C)CCN(c2cc(O)cc(-c3cnc4c(n3)c(C(=O)C(C)(C)C)cn4COCC[Si](C)(C)C)c2)C1. The third kappa shape index (κ3) is 6.41. The van der Waals surface area contributed by atoms with Crippen LogP contribution in [0.3, 0.4) is 0 Å². The van der Waals surface area contributed by atoms with E-state index in [0.717, 1.165) is 36.8 Å². The molecule has 0 saturated carbocycles. The first-order valence-corrected chi connectivity index (χ1v) is 16.9. The Hall–Kier alpha value is -2.71. The van der Waals surface area contributed by atoms with E-state index in [1.165, 1.54) is 0 Å². The second-order valence-electron chi connectivity index (χ2n) is 13.4. The molecular weight excluding hydrogens is 480 g/mol. The van der Waals surface area contributed by atoms with Crippen molar-refractivity contribution in [2.45, 2.75) is 73.5 Å². The van der Waals surface area contributed by atoms with Gasteiger partial charge in [0.05, 0.1) is 17.5 Å². The zero-order valence-electron chi connectivity index (χ0n) is 23.7. The van der Waals surface area contributed by atoms with E-state index >= 15 is 0 Å². The van der Waals surface area contributed by atoms with Gasteiger partial charge in [0, 0.05) is 56.7 Å². The molecule has 0 aliphatic carbocycles. The van der Waals surface area contributed by atoms with Crippen molar-refractivity contribution in [3.05, 3.63) is 36.2 Å². The van der Waals surface area contributed by atoms with Gasteiger partial charge in [-0.2, -0.15) is 0 Å². The number of rotatable bonds is 8. The first-order valence-electron chi connectivity index (χ1n) is 13.2. The molecule has 0 unspecified atom stereocenters. The second-order valence-corrected chi connectivity index (χ2v) is 19.1. The molecule has 37 heavy (non-hydrogen) atoms. The van der Waals surface area contributed by atoms with Crippen LogP contribution >= 0.6 is 0 Å². The molecule has 3 heterocycles. The molecule has 0 bridgehead atoms. The fourth-order valence-corrected chi connectivity index (χ4v) is 5.42. The van der Waals surface area contributed by atoms with Gasteiger partial charge in [-0.15, -0.1) is 0 Å². The fourth-order valence-electron chi connectivity index (χ4n) is 4.66. The number of phenols is 1. The van der Waals surface area contributed by atoms with Crippen molar-refractivity contribution < 1.29 is 14.6 Å². The fraction of sp³-hybridized carbons (Fsp3) is 0.552. The van der Waals surface area contributed by atoms with Crippen molar-refractivity contribution in [2.24, 2.45) is 10.8 Å². The van der Waals surface area contributed by atoms with E-state index < -0.39 is 13.5 Å². The van der Waals surface area contributed by atoms with Crippen LogP contribution in [-0.2, 0) is 11.5 Å². The summed E-state index contributed by atoms with van der Waals surface area (Å²) in [6, 6.07) is 6.64. The van der Waals surface area contributed by atoms with Gasteiger partial charge < -0.3 is 19.3 Å². The highest BCUT2D eigenvalue weighted by Gasteiger charge is 2.30. The van der Waals surface area contributed by atoms with Crippen LogP contribution in [0.2, 0.25) is 25.7 Å². The van der Waals surface area contributed by atoms with Crippen molar-refractivity contribution in [1.82, 2.24) is 14.5 Å². The Morgan fingerprint density at radius 3 is 2.54 bits per heavy atom. The van der Waals surface area contributed by atoms with E-state index in [1.54, 1.807) is 18.3 Å². The van der Waals surface area contributed by atoms with Crippen molar-refractivity contribution in [1.29, 1.82) is 0 Å². The average molecular weight is 523 g/mol. The molecule has 1 N–H and O–H groups in total. The van der Waals surface area contributed by atoms with Gasteiger partial charge in [0.1, 0.15) is 18.0 Å². The molecule has 1 fully saturated rings. The molecule has 0 spiro atoms. The van der Waals surface area contributed by atoms with Crippen LogP contribution in [0.4, 0.5) is 5.69 Å². The van der Waals surface area contributed by atoms with Gasteiger partial charge in [-0.3, -0.25) is 4.79 Å². The predicted octanol–water partition coefficient (Wildman–Crippen LogP) is 6.58. The number of hydrogen-bond donors (Lipinski definition) is 1. The number of anilines is 1. The summed E-state index contributed by atoms with van der Waals surface area (Å²) in [6.45, 7) is 20.2. The van der Waals surface area contributed by atoms with Gasteiger partial charge in [-0.05, 0) is 30.0 Å². The Kier molecular flexibility index (Phi) is 7.29. The number of benzene rings is 1. The van der Waals surface area contributed by atoms with Crippen molar-refractivity contribution >= 4 is 30.7 Å². The Labute approximate surface area is 221 Å². The minimum atomic E-state index is -1.20. The van der Waals surface area contributed by atoms with Gasteiger partial charge in [-0.1, -0.05) is 54.3 Å². The number of carbonyl (C=O) groups excluding carboxylic acids is 1. The molecule has 7 nitrogen and oxygen atoms in total. The largest absolute Gasteiger partial charge is 0.508 e. The van der Waals surface area contributed by atoms with E-state index in [-0.39, 0.29) is 16.9 Å². The third-order valence-electron chi connectivity index (χ3n) is 6.96. The number of aromatic nitrogens is 3. The van der Waals surface area contributed by atoms with Gasteiger partial charge >= 0.3 is 0 Å². The Morgan fingerprint density at radius 2 is 1.92 bits per heavy atom. The van der Waals surface area contributed by atoms with Gasteiger partial charge in [0.25, 0.3) is 0 Å². The van der Waals surface area contributed by atoms with Crippen molar-refractivity contribution in [3.8, 4) is 17.0 Å². The van der Waals surface area contributed by atoms with Gasteiger partial charge in [-0.25, -0.2) is 9.97 Å². The van der Waals surface area contributed by atoms with E-state index in [1.807, 2.05) is 31.5 Å². The minimum absolute atomic E-state index is 0.0145. The normalized spacial score (nSPS) is 16.1. The lowest BCUT2D eigenvalue weighted by Gasteiger charge is -2.22. The average Bonchev–Trinajstić information content (AvgIpc) is 3.34. The molecule has 3 aromatic rings. The molecule has 8 heteroatoms. The number of fused-ring (bicyclic) bond motifs is 1. The quantitative estimate of drug-likeness (QED) is 0.204. The summed E-state index contributed by atoms with van der Waals surface area (Å²) in [4.78, 5) is 25.3. The molecule has 0 atom stereocenters. The lowest BCUT2D eigenvalue weighted by Crippen LogP contribution is -2.22. The van der Waals surface area contributed by atoms with Crippen LogP contribution in [-0.4, -0.2) is 53.2 Å². The highest BCUT2D eigenvalue weighted by molar-refractivity contribution is 6.76. The molecule has 1 aliphatic heterocycles. The maximum Gasteiger partial charge on any atom is 0.171 e. The lowest BCUT2D eigenvalue weighted by molar-refractivity contribution is 0.0849. The summed E-state index contributed by atoms with van der Waals surface area (Å²) in [5.41, 5.74) is 3.81. The van der Waals surface area contributed by atoms with Crippen molar-refractivity contribution in [2.75, 3.05) is 24.6 Å². The standard InChI is InChI=1S/C29H42N4O3Si/c1-28(2,3)26(35)23-17-33(19-36-11-12-37(6,7)8)27-25(23)31-24(16-30-27)20-13-21(15-22(34)14-20)32-10-9-29(4,5)18-32/h13-17,34H,9-12,18-19H2,1-8H3. The summed E-state index contributed by atoms with van der Waals surface area (Å²) >= 11 is 0. The number of phenolic OH excluding ortho intramolecular Hbond substituents is 1. The highest BCUT2D eigenvalue weighted by Crippen LogP contribution is 2.36. The number of nitrogens with zero attached hydrogens (tertiary/aromatic N) is 4. The van der Waals surface area contributed by atoms with E-state index in [0.29, 0.717) is 35.8 Å². The Balaban J connectivity index is 1.71. The first-order chi connectivity index (χ1) is 17.1. The summed E-state index contributed by atoms with van der Waals surface area (Å²) in [5.74, 6) is 0.208. The molecule has 0 amide bonds. The number of hydrogen-bond acceptors (Lipinski definition) is 6. The predicted molar refractivity (Wildman–Crippen MR) is 153 cm³/mol. The van der Waals surface area contributed by atoms with Gasteiger partial charge in [0.15, 0.2) is 11.4 Å². The van der Waals surface area contributed by atoms with Gasteiger partial charge in [0.2, 0.25) is 0 Å². The van der Waals surface area contributed by atoms with Crippen LogP contribution in [0, 0.1) is 10.8 Å². The van der Waals surface area contributed by atoms with E-state index in [2.05, 4.69) is 44.5 Å². The molecular formula is C29H42N4O3Si. The van der Waals surface area contributed by atoms with Crippen LogP contribution in [0.15, 0.2) is 30.6 Å². The van der Waals surface area contributed by atoms with E-state index in [9.17, 15) is 9.90 Å². The minimum Gasteiger partial charge on any atom is -0.508 e. The maximum atomic E-state index is 13.4. The lowest BCUT2D eigenvalue weighted by atomic mass is 9.87. The molecule has 2 aromatic heterocycles. The molecule has 1 aromatic carbocycles. The molecule has 4 rings (SSSR count). The molecule has 200 valence electrons. The first kappa shape index (κ1) is 27.3. The number of Topliss-reactive ketones (excluding diaryl/α,β-unsaturated/α-hetero) is 1. The number of aromatic hydroxyl groups is 1. The Morgan fingerprint density at radius 1 is 1.19 bits per heavy atom. The summed E-state index contributed by atoms with van der Waals surface area (Å²) in [5, 5.41) is 10.5. The smallest absolute Gasteiger partial charge is 0.171 e. The second kappa shape index (κ2) is 9.87. The zero-order valence-corrected chi connectivity index (χ0v) is 24.7. The maximum absolute atomic E-state index is 13.4. The van der Waals surface area contributed by atoms with Crippen LogP contribution in [0.1, 0.15) is 51.4 Å². The third-order valence-corrected chi connectivity index (χ3v) is 8.66. The van der Waals surface area contributed by atoms with Crippen molar-refractivity contribution in [3.63, 3.8) is 0 Å². The number of ether oxygens (including phenoxy) is 1. The summed E-state index contributed by atoms with van der Waals surface area (Å²) in [7, 11) is -1.20. The zero-order chi connectivity index (χ0) is 27.2. The van der Waals surface area contributed by atoms with Crippen LogP contribution < -0.4 is 4.90 Å². The molecule has 1 aliphatic rings. The van der Waals surface area contributed by atoms with Crippen LogP contribution in [0.5, 0.6) is 5.75 Å². The monoisotopic (exact) mass is 522 g/mol. The Bertz CT molecular complexity index is 1300. The van der Waals surface area contributed by atoms with Crippen LogP contribution in [0.25, 0.3) is 22.4 Å². The molecule has 0 radical (unpaired) electrons. The number of ketones is 1. The topological polar surface area (TPSA) is 80.5 Å². The number of carbonyl (C=O) groups is 1. The molecule has 1 saturated heterocycles. The summed E-state index contributed by atoms with van der Waals surface area (Å²) < 4.78 is 7.87.